The second-order valence-corrected chi connectivity index (χ2v) is 11.2. The lowest BCUT2D eigenvalue weighted by Gasteiger charge is -2.43. The molecule has 3 aliphatic rings. The molecule has 34 heavy (non-hydrogen) atoms. The number of thioether (sulfide) groups is 1. The average Bonchev–Trinajstić information content (AvgIpc) is 3.52. The van der Waals surface area contributed by atoms with Crippen molar-refractivity contribution in [2.75, 3.05) is 17.6 Å². The minimum Gasteiger partial charge on any atom is -0.378 e. The molecule has 2 saturated carbocycles. The molecule has 1 aliphatic heterocycles. The van der Waals surface area contributed by atoms with Crippen molar-refractivity contribution in [3.63, 3.8) is 0 Å². The smallest absolute Gasteiger partial charge is 0.251 e. The van der Waals surface area contributed by atoms with E-state index < -0.39 is 0 Å². The maximum Gasteiger partial charge on any atom is 0.251 e. The standard InChI is InChI=1S/C30H32N2OS/c33-30(31-15-16-34-19-20-7-3-1-4-8-20)24-13-14-26-25(18-24)27-22-11-12-23(17-22)28(27)29(32-26)21-9-5-2-6-10-21/h1-10,13-14,18,22-23,27-29,32H,11-12,15-17,19H2,(H,31,33)/t22-,23-,27-,28+,29-/m0/s1. The van der Waals surface area contributed by atoms with Crippen molar-refractivity contribution in [2.24, 2.45) is 17.8 Å². The Morgan fingerprint density at radius 3 is 2.53 bits per heavy atom. The summed E-state index contributed by atoms with van der Waals surface area (Å²) in [5.41, 5.74) is 6.11. The number of nitrogens with one attached hydrogen (secondary N) is 2. The molecule has 1 amide bonds. The van der Waals surface area contributed by atoms with Gasteiger partial charge >= 0.3 is 0 Å². The molecule has 174 valence electrons. The number of benzene rings is 3. The van der Waals surface area contributed by atoms with Crippen LogP contribution < -0.4 is 10.6 Å². The summed E-state index contributed by atoms with van der Waals surface area (Å²) in [6, 6.07) is 28.1. The molecule has 3 nitrogen and oxygen atoms in total. The van der Waals surface area contributed by atoms with Crippen LogP contribution in [0.25, 0.3) is 0 Å². The minimum atomic E-state index is 0.0491. The summed E-state index contributed by atoms with van der Waals surface area (Å²) in [6.07, 6.45) is 4.03. The number of fused-ring (bicyclic) bond motifs is 7. The zero-order chi connectivity index (χ0) is 22.9. The van der Waals surface area contributed by atoms with Crippen LogP contribution in [0.5, 0.6) is 0 Å². The van der Waals surface area contributed by atoms with E-state index in [0.717, 1.165) is 28.9 Å². The molecule has 2 fully saturated rings. The fraction of sp³-hybridized carbons (Fsp3) is 0.367. The summed E-state index contributed by atoms with van der Waals surface area (Å²) in [4.78, 5) is 13.0. The molecule has 0 radical (unpaired) electrons. The van der Waals surface area contributed by atoms with Crippen LogP contribution in [-0.4, -0.2) is 18.2 Å². The van der Waals surface area contributed by atoms with E-state index in [1.54, 1.807) is 0 Å². The third-order valence-corrected chi connectivity index (χ3v) is 9.18. The van der Waals surface area contributed by atoms with Gasteiger partial charge in [0, 0.05) is 29.3 Å². The summed E-state index contributed by atoms with van der Waals surface area (Å²) in [7, 11) is 0. The van der Waals surface area contributed by atoms with Gasteiger partial charge in [0.2, 0.25) is 0 Å². The molecule has 2 aliphatic carbocycles. The van der Waals surface area contributed by atoms with Gasteiger partial charge in [-0.05, 0) is 77.8 Å². The second kappa shape index (κ2) is 9.50. The monoisotopic (exact) mass is 468 g/mol. The van der Waals surface area contributed by atoms with Crippen LogP contribution in [0, 0.1) is 17.8 Å². The molecular weight excluding hydrogens is 436 g/mol. The van der Waals surface area contributed by atoms with Gasteiger partial charge in [0.1, 0.15) is 0 Å². The molecule has 5 atom stereocenters. The number of carbonyl (C=O) groups excluding carboxylic acids is 1. The van der Waals surface area contributed by atoms with Gasteiger partial charge in [-0.3, -0.25) is 4.79 Å². The van der Waals surface area contributed by atoms with Gasteiger partial charge in [-0.15, -0.1) is 0 Å². The Hall–Kier alpha value is -2.72. The summed E-state index contributed by atoms with van der Waals surface area (Å²) in [5.74, 6) is 4.69. The van der Waals surface area contributed by atoms with Crippen molar-refractivity contribution in [2.45, 2.75) is 37.0 Å². The number of amides is 1. The van der Waals surface area contributed by atoms with Gasteiger partial charge in [0.25, 0.3) is 5.91 Å². The lowest BCUT2D eigenvalue weighted by molar-refractivity contribution is 0.0956. The van der Waals surface area contributed by atoms with Crippen LogP contribution in [-0.2, 0) is 5.75 Å². The van der Waals surface area contributed by atoms with Crippen LogP contribution in [0.2, 0.25) is 0 Å². The van der Waals surface area contributed by atoms with Crippen molar-refractivity contribution in [1.82, 2.24) is 5.32 Å². The van der Waals surface area contributed by atoms with E-state index in [2.05, 4.69) is 77.4 Å². The number of hydrogen-bond donors (Lipinski definition) is 2. The minimum absolute atomic E-state index is 0.0491. The molecular formula is C30H32N2OS. The predicted molar refractivity (Wildman–Crippen MR) is 141 cm³/mol. The Bertz CT molecular complexity index is 1150. The van der Waals surface area contributed by atoms with Crippen LogP contribution in [0.3, 0.4) is 0 Å². The first-order valence-corrected chi connectivity index (χ1v) is 13.8. The molecule has 6 rings (SSSR count). The molecule has 0 spiro atoms. The highest BCUT2D eigenvalue weighted by Gasteiger charge is 2.53. The topological polar surface area (TPSA) is 41.1 Å². The third-order valence-electron chi connectivity index (χ3n) is 8.15. The quantitative estimate of drug-likeness (QED) is 0.382. The fourth-order valence-corrected chi connectivity index (χ4v) is 7.54. The van der Waals surface area contributed by atoms with Crippen LogP contribution in [0.15, 0.2) is 78.9 Å². The summed E-state index contributed by atoms with van der Waals surface area (Å²) < 4.78 is 0. The Labute approximate surface area is 206 Å². The summed E-state index contributed by atoms with van der Waals surface area (Å²) in [5, 5.41) is 7.02. The molecule has 2 bridgehead atoms. The molecule has 1 heterocycles. The van der Waals surface area contributed by atoms with Crippen molar-refractivity contribution < 1.29 is 4.79 Å². The zero-order valence-corrected chi connectivity index (χ0v) is 20.3. The highest BCUT2D eigenvalue weighted by Crippen LogP contribution is 2.63. The van der Waals surface area contributed by atoms with E-state index in [-0.39, 0.29) is 5.91 Å². The van der Waals surface area contributed by atoms with Gasteiger partial charge < -0.3 is 10.6 Å². The van der Waals surface area contributed by atoms with Gasteiger partial charge in [0.15, 0.2) is 0 Å². The number of hydrogen-bond acceptors (Lipinski definition) is 3. The van der Waals surface area contributed by atoms with Crippen LogP contribution >= 0.6 is 11.8 Å². The van der Waals surface area contributed by atoms with E-state index in [0.29, 0.717) is 24.4 Å². The highest BCUT2D eigenvalue weighted by atomic mass is 32.2. The second-order valence-electron chi connectivity index (χ2n) is 10.1. The van der Waals surface area contributed by atoms with E-state index in [1.807, 2.05) is 23.9 Å². The lowest BCUT2D eigenvalue weighted by Crippen LogP contribution is -2.35. The van der Waals surface area contributed by atoms with Gasteiger partial charge in [-0.25, -0.2) is 0 Å². The van der Waals surface area contributed by atoms with E-state index in [9.17, 15) is 4.79 Å². The lowest BCUT2D eigenvalue weighted by atomic mass is 9.68. The summed E-state index contributed by atoms with van der Waals surface area (Å²) in [6.45, 7) is 0.693. The van der Waals surface area contributed by atoms with E-state index >= 15 is 0 Å². The molecule has 0 saturated heterocycles. The molecule has 3 aromatic rings. The molecule has 0 unspecified atom stereocenters. The SMILES string of the molecule is O=C(NCCSCc1ccccc1)c1ccc2c(c1)[C@@H]1[C@H]3CC[C@@H](C3)[C@H]1[C@H](c1ccccc1)N2. The number of anilines is 1. The maximum atomic E-state index is 13.0. The maximum absolute atomic E-state index is 13.0. The first-order valence-electron chi connectivity index (χ1n) is 12.6. The highest BCUT2D eigenvalue weighted by molar-refractivity contribution is 7.98. The first kappa shape index (κ1) is 21.8. The van der Waals surface area contributed by atoms with Gasteiger partial charge in [-0.2, -0.15) is 11.8 Å². The molecule has 4 heteroatoms. The van der Waals surface area contributed by atoms with Crippen molar-refractivity contribution in [3.8, 4) is 0 Å². The predicted octanol–water partition coefficient (Wildman–Crippen LogP) is 6.65. The largest absolute Gasteiger partial charge is 0.378 e. The fourth-order valence-electron chi connectivity index (χ4n) is 6.72. The average molecular weight is 469 g/mol. The van der Waals surface area contributed by atoms with Crippen LogP contribution in [0.4, 0.5) is 5.69 Å². The Morgan fingerprint density at radius 1 is 0.941 bits per heavy atom. The van der Waals surface area contributed by atoms with Gasteiger partial charge in [0.05, 0.1) is 6.04 Å². The normalized spacial score (nSPS) is 26.4. The molecule has 0 aromatic heterocycles. The van der Waals surface area contributed by atoms with E-state index in [4.69, 9.17) is 0 Å². The molecule has 3 aromatic carbocycles. The van der Waals surface area contributed by atoms with Gasteiger partial charge in [-0.1, -0.05) is 60.7 Å². The van der Waals surface area contributed by atoms with Crippen LogP contribution in [0.1, 0.15) is 58.3 Å². The number of carbonyl (C=O) groups is 1. The third kappa shape index (κ3) is 4.13. The summed E-state index contributed by atoms with van der Waals surface area (Å²) >= 11 is 1.86. The Morgan fingerprint density at radius 2 is 1.71 bits per heavy atom. The van der Waals surface area contributed by atoms with Crippen molar-refractivity contribution in [1.29, 1.82) is 0 Å². The Kier molecular flexibility index (Phi) is 6.09. The zero-order valence-electron chi connectivity index (χ0n) is 19.5. The first-order chi connectivity index (χ1) is 16.8. The van der Waals surface area contributed by atoms with E-state index in [1.165, 1.54) is 41.6 Å². The molecule has 2 N–H and O–H groups in total. The number of rotatable bonds is 7. The van der Waals surface area contributed by atoms with Crippen molar-refractivity contribution in [3.05, 3.63) is 101 Å². The van der Waals surface area contributed by atoms with Crippen molar-refractivity contribution >= 4 is 23.4 Å². The Balaban J connectivity index is 1.15.